The lowest BCUT2D eigenvalue weighted by Gasteiger charge is -2.34. The van der Waals surface area contributed by atoms with Crippen molar-refractivity contribution < 1.29 is 8.78 Å². The number of nitrogens with one attached hydrogen (secondary N) is 1. The predicted molar refractivity (Wildman–Crippen MR) is 72.9 cm³/mol. The maximum absolute atomic E-state index is 14.8. The summed E-state index contributed by atoms with van der Waals surface area (Å²) in [5, 5.41) is 3.21. The zero-order valence-corrected chi connectivity index (χ0v) is 12.1. The van der Waals surface area contributed by atoms with E-state index in [0.29, 0.717) is 12.1 Å². The molecule has 0 saturated carbocycles. The highest BCUT2D eigenvalue weighted by atomic mass is 79.9. The SMILES string of the molecule is CC(F)(Cc1cc(Br)ccc1F)C1CCCNC1. The molecule has 2 rings (SSSR count). The van der Waals surface area contributed by atoms with Gasteiger partial charge >= 0.3 is 0 Å². The molecule has 0 aromatic heterocycles. The molecule has 1 saturated heterocycles. The van der Waals surface area contributed by atoms with Crippen LogP contribution >= 0.6 is 15.9 Å². The van der Waals surface area contributed by atoms with Gasteiger partial charge in [-0.1, -0.05) is 15.9 Å². The summed E-state index contributed by atoms with van der Waals surface area (Å²) in [6.07, 6.45) is 1.99. The van der Waals surface area contributed by atoms with E-state index in [4.69, 9.17) is 0 Å². The monoisotopic (exact) mass is 317 g/mol. The molecule has 18 heavy (non-hydrogen) atoms. The molecule has 0 radical (unpaired) electrons. The summed E-state index contributed by atoms with van der Waals surface area (Å²) in [6, 6.07) is 4.69. The summed E-state index contributed by atoms with van der Waals surface area (Å²) >= 11 is 3.30. The average molecular weight is 318 g/mol. The topological polar surface area (TPSA) is 12.0 Å². The van der Waals surface area contributed by atoms with E-state index >= 15 is 0 Å². The van der Waals surface area contributed by atoms with Gasteiger partial charge in [0.1, 0.15) is 11.5 Å². The minimum absolute atomic E-state index is 0.0374. The normalized spacial score (nSPS) is 23.7. The van der Waals surface area contributed by atoms with Crippen LogP contribution in [0.15, 0.2) is 22.7 Å². The van der Waals surface area contributed by atoms with Crippen LogP contribution in [0.1, 0.15) is 25.3 Å². The maximum atomic E-state index is 14.8. The van der Waals surface area contributed by atoms with Crippen molar-refractivity contribution in [3.05, 3.63) is 34.1 Å². The van der Waals surface area contributed by atoms with Gasteiger partial charge in [-0.3, -0.25) is 0 Å². The predicted octanol–water partition coefficient (Wildman–Crippen LogP) is 3.86. The average Bonchev–Trinajstić information content (AvgIpc) is 2.35. The van der Waals surface area contributed by atoms with Gasteiger partial charge in [-0.2, -0.15) is 0 Å². The fourth-order valence-electron chi connectivity index (χ4n) is 2.56. The molecule has 0 spiro atoms. The molecular weight excluding hydrogens is 300 g/mol. The van der Waals surface area contributed by atoms with Crippen molar-refractivity contribution in [1.82, 2.24) is 5.32 Å². The Morgan fingerprint density at radius 3 is 2.94 bits per heavy atom. The van der Waals surface area contributed by atoms with Crippen LogP contribution in [0.4, 0.5) is 8.78 Å². The van der Waals surface area contributed by atoms with Crippen molar-refractivity contribution in [2.24, 2.45) is 5.92 Å². The fraction of sp³-hybridized carbons (Fsp3) is 0.571. The van der Waals surface area contributed by atoms with Gasteiger partial charge in [0.2, 0.25) is 0 Å². The molecule has 0 amide bonds. The summed E-state index contributed by atoms with van der Waals surface area (Å²) in [7, 11) is 0. The summed E-state index contributed by atoms with van der Waals surface area (Å²) < 4.78 is 29.2. The Morgan fingerprint density at radius 1 is 1.50 bits per heavy atom. The lowest BCUT2D eigenvalue weighted by atomic mass is 9.81. The van der Waals surface area contributed by atoms with Crippen molar-refractivity contribution in [2.45, 2.75) is 31.9 Å². The van der Waals surface area contributed by atoms with Gasteiger partial charge in [0.05, 0.1) is 0 Å². The van der Waals surface area contributed by atoms with E-state index in [1.807, 2.05) is 0 Å². The Morgan fingerprint density at radius 2 is 2.28 bits per heavy atom. The van der Waals surface area contributed by atoms with E-state index in [9.17, 15) is 8.78 Å². The lowest BCUT2D eigenvalue weighted by Crippen LogP contribution is -2.42. The summed E-state index contributed by atoms with van der Waals surface area (Å²) in [5.41, 5.74) is -0.922. The minimum Gasteiger partial charge on any atom is -0.316 e. The van der Waals surface area contributed by atoms with E-state index < -0.39 is 5.67 Å². The van der Waals surface area contributed by atoms with Crippen molar-refractivity contribution in [3.63, 3.8) is 0 Å². The largest absolute Gasteiger partial charge is 0.316 e. The first-order chi connectivity index (χ1) is 8.49. The fourth-order valence-corrected chi connectivity index (χ4v) is 2.97. The van der Waals surface area contributed by atoms with Crippen LogP contribution < -0.4 is 5.32 Å². The Bertz CT molecular complexity index is 414. The zero-order valence-electron chi connectivity index (χ0n) is 10.5. The molecule has 100 valence electrons. The number of benzene rings is 1. The third-order valence-corrected chi connectivity index (χ3v) is 4.19. The van der Waals surface area contributed by atoms with Crippen LogP contribution in [-0.4, -0.2) is 18.8 Å². The van der Waals surface area contributed by atoms with E-state index in [1.165, 1.54) is 6.07 Å². The number of hydrogen-bond acceptors (Lipinski definition) is 1. The van der Waals surface area contributed by atoms with Crippen molar-refractivity contribution in [1.29, 1.82) is 0 Å². The van der Waals surface area contributed by atoms with Crippen LogP contribution in [0.5, 0.6) is 0 Å². The first-order valence-corrected chi connectivity index (χ1v) is 7.12. The Kier molecular flexibility index (Phi) is 4.38. The van der Waals surface area contributed by atoms with Gasteiger partial charge < -0.3 is 5.32 Å². The smallest absolute Gasteiger partial charge is 0.126 e. The third-order valence-electron chi connectivity index (χ3n) is 3.69. The second kappa shape index (κ2) is 5.66. The molecule has 1 aliphatic rings. The standard InChI is InChI=1S/C14H18BrF2N/c1-14(17,11-3-2-6-18-9-11)8-10-7-12(15)4-5-13(10)16/h4-5,7,11,18H,2-3,6,8-9H2,1H3. The van der Waals surface area contributed by atoms with Crippen LogP contribution in [0.25, 0.3) is 0 Å². The minimum atomic E-state index is -1.37. The number of rotatable bonds is 3. The molecule has 1 N–H and O–H groups in total. The highest BCUT2D eigenvalue weighted by Gasteiger charge is 2.35. The number of halogens is 3. The van der Waals surface area contributed by atoms with Gasteiger partial charge in [-0.05, 0) is 50.1 Å². The number of hydrogen-bond donors (Lipinski definition) is 1. The van der Waals surface area contributed by atoms with Gasteiger partial charge in [-0.25, -0.2) is 8.78 Å². The van der Waals surface area contributed by atoms with Crippen LogP contribution in [0.3, 0.4) is 0 Å². The Balaban J connectivity index is 2.13. The van der Waals surface area contributed by atoms with E-state index in [-0.39, 0.29) is 18.2 Å². The summed E-state index contributed by atoms with van der Waals surface area (Å²) in [6.45, 7) is 3.23. The lowest BCUT2D eigenvalue weighted by molar-refractivity contribution is 0.0824. The number of piperidine rings is 1. The zero-order chi connectivity index (χ0) is 13.2. The summed E-state index contributed by atoms with van der Waals surface area (Å²) in [5.74, 6) is -0.365. The van der Waals surface area contributed by atoms with Crippen molar-refractivity contribution in [3.8, 4) is 0 Å². The van der Waals surface area contributed by atoms with Gasteiger partial charge in [0, 0.05) is 23.4 Å². The molecule has 1 aromatic carbocycles. The Hall–Kier alpha value is -0.480. The summed E-state index contributed by atoms with van der Waals surface area (Å²) in [4.78, 5) is 0. The quantitative estimate of drug-likeness (QED) is 0.892. The molecule has 1 fully saturated rings. The molecule has 1 aliphatic heterocycles. The van der Waals surface area contributed by atoms with E-state index in [2.05, 4.69) is 21.2 Å². The number of alkyl halides is 1. The molecule has 2 unspecified atom stereocenters. The molecule has 1 heterocycles. The van der Waals surface area contributed by atoms with Gasteiger partial charge in [0.25, 0.3) is 0 Å². The van der Waals surface area contributed by atoms with Crippen LogP contribution in [0, 0.1) is 11.7 Å². The molecular formula is C14H18BrF2N. The maximum Gasteiger partial charge on any atom is 0.126 e. The molecule has 1 nitrogen and oxygen atoms in total. The molecule has 0 aliphatic carbocycles. The first kappa shape index (κ1) is 13.9. The van der Waals surface area contributed by atoms with Crippen molar-refractivity contribution in [2.75, 3.05) is 13.1 Å². The van der Waals surface area contributed by atoms with Gasteiger partial charge in [-0.15, -0.1) is 0 Å². The van der Waals surface area contributed by atoms with Crippen LogP contribution in [0.2, 0.25) is 0 Å². The van der Waals surface area contributed by atoms with Crippen LogP contribution in [-0.2, 0) is 6.42 Å². The molecule has 2 atom stereocenters. The first-order valence-electron chi connectivity index (χ1n) is 6.32. The Labute approximate surface area is 115 Å². The highest BCUT2D eigenvalue weighted by molar-refractivity contribution is 9.10. The second-order valence-electron chi connectivity index (χ2n) is 5.23. The molecule has 4 heteroatoms. The second-order valence-corrected chi connectivity index (χ2v) is 6.15. The highest BCUT2D eigenvalue weighted by Crippen LogP contribution is 2.32. The van der Waals surface area contributed by atoms with E-state index in [1.54, 1.807) is 19.1 Å². The third kappa shape index (κ3) is 3.29. The van der Waals surface area contributed by atoms with Gasteiger partial charge in [0.15, 0.2) is 0 Å². The molecule has 0 bridgehead atoms. The molecule has 1 aromatic rings. The van der Waals surface area contributed by atoms with E-state index in [0.717, 1.165) is 23.9 Å². The van der Waals surface area contributed by atoms with Crippen molar-refractivity contribution >= 4 is 15.9 Å².